The Bertz CT molecular complexity index is 1130. The summed E-state index contributed by atoms with van der Waals surface area (Å²) in [5.41, 5.74) is 8.11. The number of rotatable bonds is 4. The van der Waals surface area contributed by atoms with Crippen molar-refractivity contribution in [2.24, 2.45) is 5.73 Å². The summed E-state index contributed by atoms with van der Waals surface area (Å²) < 4.78 is 27.6. The topological polar surface area (TPSA) is 95.7 Å². The van der Waals surface area contributed by atoms with Gasteiger partial charge in [-0.05, 0) is 74.9 Å². The molecule has 2 aromatic rings. The first-order valence-electron chi connectivity index (χ1n) is 11.9. The van der Waals surface area contributed by atoms with Crippen molar-refractivity contribution in [3.8, 4) is 0 Å². The number of hydrogen-bond acceptors (Lipinski definition) is 4. The van der Waals surface area contributed by atoms with E-state index in [1.54, 1.807) is 12.1 Å². The minimum atomic E-state index is -1.24. The number of carbonyl (C=O) groups excluding carboxylic acids is 3. The van der Waals surface area contributed by atoms with Crippen molar-refractivity contribution < 1.29 is 23.2 Å². The lowest BCUT2D eigenvalue weighted by Gasteiger charge is -2.33. The second-order valence-corrected chi connectivity index (χ2v) is 9.45. The Morgan fingerprint density at radius 3 is 1.97 bits per heavy atom. The molecule has 2 fully saturated rings. The largest absolute Gasteiger partial charge is 0.350 e. The average Bonchev–Trinajstić information content (AvgIpc) is 3.26. The molecule has 1 saturated heterocycles. The molecule has 35 heavy (non-hydrogen) atoms. The van der Waals surface area contributed by atoms with Gasteiger partial charge in [0.15, 0.2) is 6.17 Å². The fourth-order valence-electron chi connectivity index (χ4n) is 4.76. The molecule has 7 nitrogen and oxygen atoms in total. The first-order chi connectivity index (χ1) is 16.6. The molecular formula is C26H30F2N4O3. The van der Waals surface area contributed by atoms with Gasteiger partial charge < -0.3 is 20.9 Å². The first kappa shape index (κ1) is 24.8. The van der Waals surface area contributed by atoms with Crippen molar-refractivity contribution in [3.05, 3.63) is 70.3 Å². The Kier molecular flexibility index (Phi) is 7.16. The fourth-order valence-corrected chi connectivity index (χ4v) is 4.76. The van der Waals surface area contributed by atoms with Crippen LogP contribution in [-0.4, -0.2) is 58.9 Å². The number of nitrogens with zero attached hydrogens (tertiary/aromatic N) is 2. The van der Waals surface area contributed by atoms with E-state index in [2.05, 4.69) is 5.32 Å². The van der Waals surface area contributed by atoms with Crippen LogP contribution in [0.5, 0.6) is 0 Å². The van der Waals surface area contributed by atoms with Gasteiger partial charge in [-0.15, -0.1) is 0 Å². The van der Waals surface area contributed by atoms with Gasteiger partial charge in [-0.3, -0.25) is 14.4 Å². The van der Waals surface area contributed by atoms with Crippen LogP contribution in [-0.2, 0) is 4.79 Å². The number of nitrogens with one attached hydrogen (secondary N) is 1. The Morgan fingerprint density at radius 1 is 0.829 bits per heavy atom. The minimum absolute atomic E-state index is 0.0567. The number of hydrogen-bond donors (Lipinski definition) is 2. The summed E-state index contributed by atoms with van der Waals surface area (Å²) in [7, 11) is 0. The summed E-state index contributed by atoms with van der Waals surface area (Å²) in [6.45, 7) is 4.00. The molecule has 1 aliphatic carbocycles. The van der Waals surface area contributed by atoms with Crippen LogP contribution in [0.25, 0.3) is 0 Å². The lowest BCUT2D eigenvalue weighted by atomic mass is 9.92. The van der Waals surface area contributed by atoms with Gasteiger partial charge in [0.2, 0.25) is 0 Å². The van der Waals surface area contributed by atoms with Gasteiger partial charge >= 0.3 is 0 Å². The van der Waals surface area contributed by atoms with Crippen LogP contribution < -0.4 is 11.1 Å². The summed E-state index contributed by atoms with van der Waals surface area (Å²) in [5, 5.41) is 2.97. The molecule has 0 bridgehead atoms. The molecule has 3 amide bonds. The molecule has 1 atom stereocenters. The van der Waals surface area contributed by atoms with E-state index in [-0.39, 0.29) is 36.6 Å². The van der Waals surface area contributed by atoms with E-state index < -0.39 is 29.6 Å². The third-order valence-electron chi connectivity index (χ3n) is 6.91. The average molecular weight is 485 g/mol. The maximum absolute atomic E-state index is 13.8. The second kappa shape index (κ2) is 10.1. The molecule has 1 unspecified atom stereocenters. The van der Waals surface area contributed by atoms with Crippen molar-refractivity contribution in [2.75, 3.05) is 13.1 Å². The fraction of sp³-hybridized carbons (Fsp3) is 0.423. The van der Waals surface area contributed by atoms with E-state index in [9.17, 15) is 23.2 Å². The molecule has 1 aliphatic heterocycles. The lowest BCUT2D eigenvalue weighted by molar-refractivity contribution is -0.129. The van der Waals surface area contributed by atoms with Crippen molar-refractivity contribution in [2.45, 2.75) is 57.8 Å². The Hall–Kier alpha value is -3.33. The van der Waals surface area contributed by atoms with Crippen LogP contribution in [0.1, 0.15) is 57.5 Å². The third-order valence-corrected chi connectivity index (χ3v) is 6.91. The van der Waals surface area contributed by atoms with Crippen LogP contribution in [0.3, 0.4) is 0 Å². The highest BCUT2D eigenvalue weighted by molar-refractivity contribution is 6.02. The lowest BCUT2D eigenvalue weighted by Crippen LogP contribution is -2.56. The monoisotopic (exact) mass is 484 g/mol. The van der Waals surface area contributed by atoms with E-state index in [4.69, 9.17) is 5.73 Å². The molecule has 3 N–H and O–H groups in total. The molecular weight excluding hydrogens is 454 g/mol. The highest BCUT2D eigenvalue weighted by Gasteiger charge is 2.44. The predicted molar refractivity (Wildman–Crippen MR) is 127 cm³/mol. The molecule has 2 aromatic carbocycles. The number of benzene rings is 2. The van der Waals surface area contributed by atoms with Crippen LogP contribution in [0.4, 0.5) is 8.78 Å². The van der Waals surface area contributed by atoms with Gasteiger partial charge in [0.1, 0.15) is 11.6 Å². The quantitative estimate of drug-likeness (QED) is 0.698. The molecule has 0 radical (unpaired) electrons. The number of aryl methyl sites for hydroxylation is 2. The van der Waals surface area contributed by atoms with E-state index in [0.29, 0.717) is 24.5 Å². The smallest absolute Gasteiger partial charge is 0.264 e. The molecule has 186 valence electrons. The zero-order chi connectivity index (χ0) is 25.3. The van der Waals surface area contributed by atoms with Gasteiger partial charge in [0.05, 0.1) is 0 Å². The highest BCUT2D eigenvalue weighted by Crippen LogP contribution is 2.24. The number of carbonyl (C=O) groups is 3. The summed E-state index contributed by atoms with van der Waals surface area (Å²) in [6, 6.07) is 7.78. The molecule has 0 spiro atoms. The van der Waals surface area contributed by atoms with E-state index in [1.807, 2.05) is 19.9 Å². The highest BCUT2D eigenvalue weighted by atomic mass is 19.1. The van der Waals surface area contributed by atoms with Crippen LogP contribution >= 0.6 is 0 Å². The van der Waals surface area contributed by atoms with Gasteiger partial charge in [-0.1, -0.05) is 6.07 Å². The molecule has 0 aromatic heterocycles. The van der Waals surface area contributed by atoms with Crippen molar-refractivity contribution >= 4 is 17.7 Å². The van der Waals surface area contributed by atoms with E-state index >= 15 is 0 Å². The molecule has 4 rings (SSSR count). The number of amides is 3. The summed E-state index contributed by atoms with van der Waals surface area (Å²) in [6.07, 6.45) is 1.71. The first-order valence-corrected chi connectivity index (χ1v) is 11.9. The van der Waals surface area contributed by atoms with Gasteiger partial charge in [-0.25, -0.2) is 8.78 Å². The van der Waals surface area contributed by atoms with Gasteiger partial charge in [-0.2, -0.15) is 0 Å². The number of nitrogens with two attached hydrogens (primary N) is 1. The van der Waals surface area contributed by atoms with Gasteiger partial charge in [0.25, 0.3) is 17.7 Å². The van der Waals surface area contributed by atoms with E-state index in [1.165, 1.54) is 9.80 Å². The molecule has 1 saturated carbocycles. The summed E-state index contributed by atoms with van der Waals surface area (Å²) in [5.74, 6) is -3.39. The Balaban J connectivity index is 1.63. The minimum Gasteiger partial charge on any atom is -0.350 e. The second-order valence-electron chi connectivity index (χ2n) is 9.45. The third kappa shape index (κ3) is 5.35. The standard InChI is InChI=1S/C26H30F2N4O3/c1-15-3-4-17(11-16(15)2)25(34)31-9-10-32(26(35)18-12-19(27)14-20(28)13-18)24(31)23(33)30-22-7-5-21(29)6-8-22/h3-4,11-14,21-22,24H,5-10,29H2,1-2H3,(H,30,33). The predicted octanol–water partition coefficient (Wildman–Crippen LogP) is 2.89. The Morgan fingerprint density at radius 2 is 1.40 bits per heavy atom. The SMILES string of the molecule is Cc1ccc(C(=O)N2CCN(C(=O)c3cc(F)cc(F)c3)C2C(=O)NC2CCC(N)CC2)cc1C. The summed E-state index contributed by atoms with van der Waals surface area (Å²) >= 11 is 0. The molecule has 9 heteroatoms. The molecule has 2 aliphatic rings. The molecule has 1 heterocycles. The van der Waals surface area contributed by atoms with Crippen molar-refractivity contribution in [1.29, 1.82) is 0 Å². The van der Waals surface area contributed by atoms with Crippen LogP contribution in [0, 0.1) is 25.5 Å². The van der Waals surface area contributed by atoms with Crippen molar-refractivity contribution in [3.63, 3.8) is 0 Å². The maximum atomic E-state index is 13.8. The van der Waals surface area contributed by atoms with Crippen LogP contribution in [0.2, 0.25) is 0 Å². The van der Waals surface area contributed by atoms with E-state index in [0.717, 1.165) is 36.1 Å². The zero-order valence-corrected chi connectivity index (χ0v) is 19.9. The summed E-state index contributed by atoms with van der Waals surface area (Å²) in [4.78, 5) is 42.7. The number of halogens is 2. The normalized spacial score (nSPS) is 22.3. The Labute approximate surface area is 203 Å². The maximum Gasteiger partial charge on any atom is 0.264 e. The van der Waals surface area contributed by atoms with Crippen molar-refractivity contribution in [1.82, 2.24) is 15.1 Å². The zero-order valence-electron chi connectivity index (χ0n) is 19.9. The van der Waals surface area contributed by atoms with Crippen LogP contribution in [0.15, 0.2) is 36.4 Å². The van der Waals surface area contributed by atoms with Gasteiger partial charge in [0, 0.05) is 42.4 Å².